The van der Waals surface area contributed by atoms with Crippen LogP contribution in [0.1, 0.15) is 25.7 Å². The summed E-state index contributed by atoms with van der Waals surface area (Å²) in [6, 6.07) is 7.20. The Kier molecular flexibility index (Phi) is 4.61. The fourth-order valence-corrected chi connectivity index (χ4v) is 2.55. The second-order valence-electron chi connectivity index (χ2n) is 5.11. The summed E-state index contributed by atoms with van der Waals surface area (Å²) in [4.78, 5) is 23.0. The van der Waals surface area contributed by atoms with Crippen LogP contribution in [0.5, 0.6) is 5.75 Å². The van der Waals surface area contributed by atoms with Crippen molar-refractivity contribution >= 4 is 17.6 Å². The molecule has 2 rings (SSSR count). The number of hydrogen-bond donors (Lipinski definition) is 2. The monoisotopic (exact) mass is 277 g/mol. The first-order valence-corrected chi connectivity index (χ1v) is 6.78. The topological polar surface area (TPSA) is 75.6 Å². The van der Waals surface area contributed by atoms with E-state index in [0.29, 0.717) is 37.1 Å². The number of hydrogen-bond acceptors (Lipinski definition) is 3. The van der Waals surface area contributed by atoms with Gasteiger partial charge in [0.1, 0.15) is 5.75 Å². The maximum Gasteiger partial charge on any atom is 0.306 e. The number of anilines is 1. The van der Waals surface area contributed by atoms with E-state index in [4.69, 9.17) is 9.84 Å². The minimum absolute atomic E-state index is 0.0397. The van der Waals surface area contributed by atoms with Crippen LogP contribution in [0.25, 0.3) is 0 Å². The van der Waals surface area contributed by atoms with E-state index in [9.17, 15) is 9.59 Å². The average Bonchev–Trinajstić information content (AvgIpc) is 2.47. The van der Waals surface area contributed by atoms with Gasteiger partial charge in [0.25, 0.3) is 0 Å². The lowest BCUT2D eigenvalue weighted by atomic mass is 9.81. The Hall–Kier alpha value is -2.04. The molecule has 1 aliphatic rings. The lowest BCUT2D eigenvalue weighted by Crippen LogP contribution is -2.29. The van der Waals surface area contributed by atoms with Crippen LogP contribution in [-0.2, 0) is 9.59 Å². The van der Waals surface area contributed by atoms with Gasteiger partial charge in [0.15, 0.2) is 0 Å². The Labute approximate surface area is 117 Å². The molecule has 1 saturated carbocycles. The van der Waals surface area contributed by atoms with E-state index in [2.05, 4.69) is 5.32 Å². The van der Waals surface area contributed by atoms with Crippen molar-refractivity contribution in [1.82, 2.24) is 0 Å². The van der Waals surface area contributed by atoms with Crippen LogP contribution in [0, 0.1) is 11.8 Å². The number of nitrogens with one attached hydrogen (secondary N) is 1. The number of carbonyl (C=O) groups is 2. The highest BCUT2D eigenvalue weighted by Crippen LogP contribution is 2.30. The fourth-order valence-electron chi connectivity index (χ4n) is 2.55. The van der Waals surface area contributed by atoms with E-state index in [0.717, 1.165) is 0 Å². The lowest BCUT2D eigenvalue weighted by molar-refractivity contribution is -0.143. The van der Waals surface area contributed by atoms with Gasteiger partial charge in [0.05, 0.1) is 13.0 Å². The molecule has 0 bridgehead atoms. The summed E-state index contributed by atoms with van der Waals surface area (Å²) in [6.45, 7) is 0. The van der Waals surface area contributed by atoms with Crippen molar-refractivity contribution in [3.63, 3.8) is 0 Å². The molecule has 1 aliphatic carbocycles. The van der Waals surface area contributed by atoms with E-state index in [-0.39, 0.29) is 17.7 Å². The summed E-state index contributed by atoms with van der Waals surface area (Å²) in [5, 5.41) is 11.8. The maximum absolute atomic E-state index is 12.1. The Morgan fingerprint density at radius 1 is 1.20 bits per heavy atom. The number of amides is 1. The zero-order chi connectivity index (χ0) is 14.5. The molecule has 0 saturated heterocycles. The van der Waals surface area contributed by atoms with Crippen LogP contribution in [0.4, 0.5) is 5.69 Å². The van der Waals surface area contributed by atoms with E-state index >= 15 is 0 Å². The van der Waals surface area contributed by atoms with Crippen LogP contribution < -0.4 is 10.1 Å². The molecule has 2 N–H and O–H groups in total. The summed E-state index contributed by atoms with van der Waals surface area (Å²) in [7, 11) is 1.58. The van der Waals surface area contributed by atoms with Crippen molar-refractivity contribution < 1.29 is 19.4 Å². The molecule has 5 nitrogen and oxygen atoms in total. The third-order valence-electron chi connectivity index (χ3n) is 3.78. The van der Waals surface area contributed by atoms with Gasteiger partial charge in [0, 0.05) is 17.7 Å². The molecule has 0 unspecified atom stereocenters. The van der Waals surface area contributed by atoms with Gasteiger partial charge >= 0.3 is 5.97 Å². The SMILES string of the molecule is COc1cccc(NC(=O)C2CCC(C(=O)O)CC2)c1. The molecule has 108 valence electrons. The highest BCUT2D eigenvalue weighted by Gasteiger charge is 2.29. The molecule has 0 aromatic heterocycles. The number of benzene rings is 1. The number of rotatable bonds is 4. The Morgan fingerprint density at radius 2 is 1.85 bits per heavy atom. The lowest BCUT2D eigenvalue weighted by Gasteiger charge is -2.25. The van der Waals surface area contributed by atoms with Crippen molar-refractivity contribution in [2.75, 3.05) is 12.4 Å². The number of aliphatic carboxylic acids is 1. The van der Waals surface area contributed by atoms with Crippen LogP contribution in [0.15, 0.2) is 24.3 Å². The summed E-state index contributed by atoms with van der Waals surface area (Å²) in [5.41, 5.74) is 0.703. The third-order valence-corrected chi connectivity index (χ3v) is 3.78. The standard InChI is InChI=1S/C15H19NO4/c1-20-13-4-2-3-12(9-13)16-14(17)10-5-7-11(8-6-10)15(18)19/h2-4,9-11H,5-8H2,1H3,(H,16,17)(H,18,19). The largest absolute Gasteiger partial charge is 0.497 e. The fraction of sp³-hybridized carbons (Fsp3) is 0.467. The van der Waals surface area contributed by atoms with Gasteiger partial charge in [-0.25, -0.2) is 0 Å². The molecule has 1 aromatic rings. The van der Waals surface area contributed by atoms with Crippen LogP contribution in [-0.4, -0.2) is 24.1 Å². The number of methoxy groups -OCH3 is 1. The van der Waals surface area contributed by atoms with Gasteiger partial charge < -0.3 is 15.2 Å². The van der Waals surface area contributed by atoms with Gasteiger partial charge in [-0.05, 0) is 37.8 Å². The molecule has 0 aliphatic heterocycles. The second kappa shape index (κ2) is 6.41. The third kappa shape index (κ3) is 3.50. The highest BCUT2D eigenvalue weighted by molar-refractivity contribution is 5.92. The normalized spacial score (nSPS) is 22.1. The minimum atomic E-state index is -0.753. The molecular weight excluding hydrogens is 258 g/mol. The van der Waals surface area contributed by atoms with Crippen LogP contribution in [0.3, 0.4) is 0 Å². The van der Waals surface area contributed by atoms with Crippen molar-refractivity contribution in [2.45, 2.75) is 25.7 Å². The van der Waals surface area contributed by atoms with Crippen molar-refractivity contribution in [1.29, 1.82) is 0 Å². The van der Waals surface area contributed by atoms with Gasteiger partial charge in [0.2, 0.25) is 5.91 Å². The van der Waals surface area contributed by atoms with Gasteiger partial charge in [-0.1, -0.05) is 6.07 Å². The summed E-state index contributed by atoms with van der Waals surface area (Å²) in [6.07, 6.45) is 2.41. The molecule has 20 heavy (non-hydrogen) atoms. The molecule has 0 heterocycles. The van der Waals surface area contributed by atoms with Crippen LogP contribution >= 0.6 is 0 Å². The highest BCUT2D eigenvalue weighted by atomic mass is 16.5. The van der Waals surface area contributed by atoms with E-state index in [1.165, 1.54) is 0 Å². The molecule has 1 aromatic carbocycles. The Bertz CT molecular complexity index is 492. The number of carboxylic acid groups (broad SMARTS) is 1. The molecule has 1 fully saturated rings. The molecule has 0 atom stereocenters. The van der Waals surface area contributed by atoms with E-state index < -0.39 is 5.97 Å². The molecule has 0 radical (unpaired) electrons. The number of carboxylic acids is 1. The Morgan fingerprint density at radius 3 is 2.45 bits per heavy atom. The number of carbonyl (C=O) groups excluding carboxylic acids is 1. The van der Waals surface area contributed by atoms with Gasteiger partial charge in [-0.15, -0.1) is 0 Å². The maximum atomic E-state index is 12.1. The van der Waals surface area contributed by atoms with E-state index in [1.807, 2.05) is 18.2 Å². The molecule has 1 amide bonds. The Balaban J connectivity index is 1.91. The molecular formula is C15H19NO4. The van der Waals surface area contributed by atoms with Gasteiger partial charge in [-0.3, -0.25) is 9.59 Å². The zero-order valence-electron chi connectivity index (χ0n) is 11.5. The summed E-state index contributed by atoms with van der Waals surface area (Å²) < 4.78 is 5.11. The van der Waals surface area contributed by atoms with Gasteiger partial charge in [-0.2, -0.15) is 0 Å². The predicted molar refractivity (Wildman–Crippen MR) is 74.7 cm³/mol. The minimum Gasteiger partial charge on any atom is -0.497 e. The predicted octanol–water partition coefficient (Wildman–Crippen LogP) is 2.52. The summed E-state index contributed by atoms with van der Waals surface area (Å²) in [5.74, 6) is -0.496. The first kappa shape index (κ1) is 14.4. The van der Waals surface area contributed by atoms with Crippen molar-refractivity contribution in [3.8, 4) is 5.75 Å². The quantitative estimate of drug-likeness (QED) is 0.886. The smallest absolute Gasteiger partial charge is 0.306 e. The molecule has 5 heteroatoms. The van der Waals surface area contributed by atoms with Crippen LogP contribution in [0.2, 0.25) is 0 Å². The zero-order valence-corrected chi connectivity index (χ0v) is 11.5. The average molecular weight is 277 g/mol. The first-order chi connectivity index (χ1) is 9.60. The van der Waals surface area contributed by atoms with Crippen molar-refractivity contribution in [3.05, 3.63) is 24.3 Å². The summed E-state index contributed by atoms with van der Waals surface area (Å²) >= 11 is 0. The second-order valence-corrected chi connectivity index (χ2v) is 5.11. The number of ether oxygens (including phenoxy) is 1. The molecule has 0 spiro atoms. The first-order valence-electron chi connectivity index (χ1n) is 6.78. The van der Waals surface area contributed by atoms with Crippen molar-refractivity contribution in [2.24, 2.45) is 11.8 Å². The van der Waals surface area contributed by atoms with E-state index in [1.54, 1.807) is 13.2 Å².